The number of halogens is 1. The quantitative estimate of drug-likeness (QED) is 0.925. The number of benzene rings is 1. The molecule has 134 valence electrons. The van der Waals surface area contributed by atoms with Gasteiger partial charge in [0.25, 0.3) is 5.91 Å². The smallest absolute Gasteiger partial charge is 0.255 e. The number of nitrogens with zero attached hydrogens (tertiary/aromatic N) is 2. The van der Waals surface area contributed by atoms with Crippen LogP contribution in [0.15, 0.2) is 30.3 Å². The number of rotatable bonds is 4. The van der Waals surface area contributed by atoms with Crippen LogP contribution in [0.25, 0.3) is 5.69 Å². The number of aromatic nitrogens is 1. The van der Waals surface area contributed by atoms with Crippen molar-refractivity contribution in [1.82, 2.24) is 14.8 Å². The molecule has 0 spiro atoms. The molecule has 1 aromatic carbocycles. The Morgan fingerprint density at radius 1 is 1.20 bits per heavy atom. The maximum absolute atomic E-state index is 13.2. The van der Waals surface area contributed by atoms with Crippen molar-refractivity contribution >= 4 is 5.91 Å². The first-order chi connectivity index (χ1) is 12.0. The second kappa shape index (κ2) is 7.40. The van der Waals surface area contributed by atoms with Gasteiger partial charge < -0.3 is 14.8 Å². The lowest BCUT2D eigenvalue weighted by Crippen LogP contribution is -2.40. The van der Waals surface area contributed by atoms with Gasteiger partial charge in [-0.3, -0.25) is 4.79 Å². The fourth-order valence-corrected chi connectivity index (χ4v) is 3.77. The molecule has 25 heavy (non-hydrogen) atoms. The number of piperidine rings is 1. The Morgan fingerprint density at radius 3 is 2.44 bits per heavy atom. The molecule has 2 aromatic rings. The van der Waals surface area contributed by atoms with E-state index in [-0.39, 0.29) is 11.7 Å². The van der Waals surface area contributed by atoms with E-state index in [0.717, 1.165) is 55.1 Å². The molecular formula is C20H26FN3O. The van der Waals surface area contributed by atoms with Crippen molar-refractivity contribution in [3.05, 3.63) is 53.1 Å². The van der Waals surface area contributed by atoms with Crippen LogP contribution in [0, 0.1) is 25.6 Å². The molecule has 2 heterocycles. The molecule has 0 saturated carbocycles. The molecule has 1 aromatic heterocycles. The van der Waals surface area contributed by atoms with Crippen molar-refractivity contribution in [2.75, 3.05) is 26.7 Å². The van der Waals surface area contributed by atoms with Crippen molar-refractivity contribution in [1.29, 1.82) is 0 Å². The van der Waals surface area contributed by atoms with E-state index >= 15 is 0 Å². The second-order valence-corrected chi connectivity index (χ2v) is 6.89. The number of hydrogen-bond acceptors (Lipinski definition) is 2. The van der Waals surface area contributed by atoms with Gasteiger partial charge in [-0.25, -0.2) is 4.39 Å². The summed E-state index contributed by atoms with van der Waals surface area (Å²) in [5, 5.41) is 3.22. The fourth-order valence-electron chi connectivity index (χ4n) is 3.77. The van der Waals surface area contributed by atoms with Crippen LogP contribution in [0.1, 0.15) is 34.6 Å². The van der Waals surface area contributed by atoms with Gasteiger partial charge in [-0.2, -0.15) is 0 Å². The Morgan fingerprint density at radius 2 is 1.84 bits per heavy atom. The molecule has 1 amide bonds. The number of carbonyl (C=O) groups excluding carboxylic acids is 1. The summed E-state index contributed by atoms with van der Waals surface area (Å²) < 4.78 is 15.2. The van der Waals surface area contributed by atoms with Crippen LogP contribution in [0.4, 0.5) is 4.39 Å². The van der Waals surface area contributed by atoms with E-state index in [1.807, 2.05) is 36.4 Å². The summed E-state index contributed by atoms with van der Waals surface area (Å²) in [6, 6.07) is 8.32. The molecule has 3 rings (SSSR count). The van der Waals surface area contributed by atoms with Crippen LogP contribution in [0.3, 0.4) is 0 Å². The number of carbonyl (C=O) groups is 1. The number of nitrogens with one attached hydrogen (secondary N) is 1. The second-order valence-electron chi connectivity index (χ2n) is 6.89. The van der Waals surface area contributed by atoms with Crippen LogP contribution >= 0.6 is 0 Å². The molecule has 0 unspecified atom stereocenters. The van der Waals surface area contributed by atoms with Gasteiger partial charge in [0.05, 0.1) is 5.56 Å². The highest BCUT2D eigenvalue weighted by atomic mass is 19.1. The third kappa shape index (κ3) is 3.61. The van der Waals surface area contributed by atoms with Crippen molar-refractivity contribution in [2.24, 2.45) is 5.92 Å². The van der Waals surface area contributed by atoms with Gasteiger partial charge in [-0.05, 0) is 76.5 Å². The predicted molar refractivity (Wildman–Crippen MR) is 97.8 cm³/mol. The standard InChI is InChI=1S/C20H26FN3O/c1-14-12-19(15(2)24(14)18-6-4-17(21)5-7-18)20(25)23-10-8-16(9-11-23)13-22-3/h4-7,12,16,22H,8-11,13H2,1-3H3. The highest BCUT2D eigenvalue weighted by Gasteiger charge is 2.26. The van der Waals surface area contributed by atoms with Crippen LogP contribution in [0.2, 0.25) is 0 Å². The SMILES string of the molecule is CNCC1CCN(C(=O)c2cc(C)n(-c3ccc(F)cc3)c2C)CC1. The number of aryl methyl sites for hydroxylation is 1. The molecule has 0 bridgehead atoms. The third-order valence-corrected chi connectivity index (χ3v) is 5.14. The van der Waals surface area contributed by atoms with Gasteiger partial charge in [-0.1, -0.05) is 0 Å². The van der Waals surface area contributed by atoms with Crippen molar-refractivity contribution in [3.63, 3.8) is 0 Å². The summed E-state index contributed by atoms with van der Waals surface area (Å²) in [6.45, 7) is 6.57. The summed E-state index contributed by atoms with van der Waals surface area (Å²) in [5.74, 6) is 0.497. The molecule has 1 saturated heterocycles. The van der Waals surface area contributed by atoms with Gasteiger partial charge in [-0.15, -0.1) is 0 Å². The fraction of sp³-hybridized carbons (Fsp3) is 0.450. The first-order valence-electron chi connectivity index (χ1n) is 8.90. The minimum absolute atomic E-state index is 0.101. The number of likely N-dealkylation sites (tertiary alicyclic amines) is 1. The molecule has 1 N–H and O–H groups in total. The topological polar surface area (TPSA) is 37.3 Å². The van der Waals surface area contributed by atoms with Gasteiger partial charge in [0.15, 0.2) is 0 Å². The zero-order chi connectivity index (χ0) is 18.0. The van der Waals surface area contributed by atoms with Crippen molar-refractivity contribution < 1.29 is 9.18 Å². The normalized spacial score (nSPS) is 15.6. The molecular weight excluding hydrogens is 317 g/mol. The van der Waals surface area contributed by atoms with Crippen LogP contribution < -0.4 is 5.32 Å². The minimum Gasteiger partial charge on any atom is -0.339 e. The molecule has 4 nitrogen and oxygen atoms in total. The molecule has 1 fully saturated rings. The highest BCUT2D eigenvalue weighted by Crippen LogP contribution is 2.24. The lowest BCUT2D eigenvalue weighted by Gasteiger charge is -2.32. The minimum atomic E-state index is -0.257. The number of hydrogen-bond donors (Lipinski definition) is 1. The Bertz CT molecular complexity index is 743. The van der Waals surface area contributed by atoms with E-state index < -0.39 is 0 Å². The lowest BCUT2D eigenvalue weighted by molar-refractivity contribution is 0.0690. The monoisotopic (exact) mass is 343 g/mol. The lowest BCUT2D eigenvalue weighted by atomic mass is 9.96. The van der Waals surface area contributed by atoms with E-state index in [0.29, 0.717) is 5.92 Å². The zero-order valence-corrected chi connectivity index (χ0v) is 15.2. The van der Waals surface area contributed by atoms with Crippen LogP contribution in [-0.4, -0.2) is 42.1 Å². The highest BCUT2D eigenvalue weighted by molar-refractivity contribution is 5.96. The first kappa shape index (κ1) is 17.7. The molecule has 0 atom stereocenters. The number of amides is 1. The summed E-state index contributed by atoms with van der Waals surface area (Å²) in [6.07, 6.45) is 2.09. The zero-order valence-electron chi connectivity index (χ0n) is 15.2. The molecule has 5 heteroatoms. The summed E-state index contributed by atoms with van der Waals surface area (Å²) >= 11 is 0. The Hall–Kier alpha value is -2.14. The third-order valence-electron chi connectivity index (χ3n) is 5.14. The Balaban J connectivity index is 1.80. The van der Waals surface area contributed by atoms with E-state index in [2.05, 4.69) is 5.32 Å². The first-order valence-corrected chi connectivity index (χ1v) is 8.90. The molecule has 0 radical (unpaired) electrons. The average molecular weight is 343 g/mol. The Labute approximate surface area is 148 Å². The van der Waals surface area contributed by atoms with E-state index in [1.54, 1.807) is 12.1 Å². The van der Waals surface area contributed by atoms with Gasteiger partial charge in [0, 0.05) is 30.2 Å². The summed E-state index contributed by atoms with van der Waals surface area (Å²) in [4.78, 5) is 14.9. The maximum atomic E-state index is 13.2. The van der Waals surface area contributed by atoms with Gasteiger partial charge in [0.2, 0.25) is 0 Å². The van der Waals surface area contributed by atoms with Gasteiger partial charge >= 0.3 is 0 Å². The molecule has 1 aliphatic rings. The van der Waals surface area contributed by atoms with Gasteiger partial charge in [0.1, 0.15) is 5.82 Å². The van der Waals surface area contributed by atoms with Crippen LogP contribution in [0.5, 0.6) is 0 Å². The van der Waals surface area contributed by atoms with Crippen molar-refractivity contribution in [2.45, 2.75) is 26.7 Å². The Kier molecular flexibility index (Phi) is 5.23. The van der Waals surface area contributed by atoms with Crippen molar-refractivity contribution in [3.8, 4) is 5.69 Å². The maximum Gasteiger partial charge on any atom is 0.255 e. The predicted octanol–water partition coefficient (Wildman–Crippen LogP) is 3.30. The largest absolute Gasteiger partial charge is 0.339 e. The molecule has 0 aliphatic carbocycles. The summed E-state index contributed by atoms with van der Waals surface area (Å²) in [5.41, 5.74) is 3.51. The molecule has 1 aliphatic heterocycles. The average Bonchev–Trinajstić information content (AvgIpc) is 2.91. The van der Waals surface area contributed by atoms with Crippen LogP contribution in [-0.2, 0) is 0 Å². The van der Waals surface area contributed by atoms with E-state index in [9.17, 15) is 9.18 Å². The van der Waals surface area contributed by atoms with E-state index in [1.165, 1.54) is 12.1 Å². The summed E-state index contributed by atoms with van der Waals surface area (Å²) in [7, 11) is 1.97. The van der Waals surface area contributed by atoms with E-state index in [4.69, 9.17) is 0 Å².